The van der Waals surface area contributed by atoms with Gasteiger partial charge in [-0.05, 0) is 31.2 Å². The van der Waals surface area contributed by atoms with Gasteiger partial charge in [0, 0.05) is 11.1 Å². The van der Waals surface area contributed by atoms with Gasteiger partial charge in [0.25, 0.3) is 5.91 Å². The minimum atomic E-state index is -0.131. The summed E-state index contributed by atoms with van der Waals surface area (Å²) in [5.74, 6) is 0.225. The normalized spacial score (nSPS) is 10.9. The highest BCUT2D eigenvalue weighted by Gasteiger charge is 2.16. The summed E-state index contributed by atoms with van der Waals surface area (Å²) in [5.41, 5.74) is 1.82. The number of nitrogens with zero attached hydrogens (tertiary/aromatic N) is 1. The third-order valence-electron chi connectivity index (χ3n) is 2.83. The Morgan fingerprint density at radius 1 is 1.18 bits per heavy atom. The molecule has 2 heterocycles. The molecule has 0 aliphatic carbocycles. The molecule has 0 radical (unpaired) electrons. The number of rotatable bonds is 1. The van der Waals surface area contributed by atoms with Gasteiger partial charge in [0.05, 0.1) is 11.8 Å². The van der Waals surface area contributed by atoms with Gasteiger partial charge in [0.15, 0.2) is 5.76 Å². The first kappa shape index (κ1) is 9.90. The first-order chi connectivity index (χ1) is 8.27. The molecule has 0 N–H and O–H groups in total. The van der Waals surface area contributed by atoms with Crippen molar-refractivity contribution in [2.24, 2.45) is 0 Å². The number of hydrogen-bond donors (Lipinski definition) is 0. The van der Waals surface area contributed by atoms with Crippen LogP contribution in [0.4, 0.5) is 0 Å². The van der Waals surface area contributed by atoms with Crippen LogP contribution in [-0.2, 0) is 0 Å². The highest BCUT2D eigenvalue weighted by atomic mass is 16.3. The van der Waals surface area contributed by atoms with Crippen molar-refractivity contribution in [2.75, 3.05) is 0 Å². The van der Waals surface area contributed by atoms with E-state index in [0.29, 0.717) is 5.76 Å². The SMILES string of the molecule is Cc1cc2ccccc2n1C(=O)c1ccco1. The van der Waals surface area contributed by atoms with E-state index in [1.165, 1.54) is 6.26 Å². The molecule has 0 saturated heterocycles. The van der Waals surface area contributed by atoms with Crippen LogP contribution in [0.1, 0.15) is 16.2 Å². The number of carbonyl (C=O) groups excluding carboxylic acids is 1. The lowest BCUT2D eigenvalue weighted by atomic mass is 10.2. The van der Waals surface area contributed by atoms with Crippen LogP contribution in [0.5, 0.6) is 0 Å². The number of aromatic nitrogens is 1. The van der Waals surface area contributed by atoms with Gasteiger partial charge >= 0.3 is 0 Å². The zero-order chi connectivity index (χ0) is 11.8. The summed E-state index contributed by atoms with van der Waals surface area (Å²) >= 11 is 0. The van der Waals surface area contributed by atoms with E-state index in [1.54, 1.807) is 16.7 Å². The van der Waals surface area contributed by atoms with E-state index < -0.39 is 0 Å². The molecule has 2 aromatic heterocycles. The second-order valence-electron chi connectivity index (χ2n) is 3.96. The largest absolute Gasteiger partial charge is 0.459 e. The van der Waals surface area contributed by atoms with E-state index >= 15 is 0 Å². The Labute approximate surface area is 98.3 Å². The minimum absolute atomic E-state index is 0.131. The third kappa shape index (κ3) is 1.47. The monoisotopic (exact) mass is 225 g/mol. The van der Waals surface area contributed by atoms with Crippen molar-refractivity contribution < 1.29 is 9.21 Å². The van der Waals surface area contributed by atoms with Crippen LogP contribution in [0.15, 0.2) is 53.1 Å². The van der Waals surface area contributed by atoms with Gasteiger partial charge in [-0.1, -0.05) is 18.2 Å². The zero-order valence-electron chi connectivity index (χ0n) is 9.38. The van der Waals surface area contributed by atoms with E-state index in [2.05, 4.69) is 0 Å². The molecule has 0 spiro atoms. The Hall–Kier alpha value is -2.29. The molecule has 0 atom stereocenters. The van der Waals surface area contributed by atoms with Crippen LogP contribution < -0.4 is 0 Å². The number of benzene rings is 1. The Kier molecular flexibility index (Phi) is 2.11. The van der Waals surface area contributed by atoms with E-state index in [0.717, 1.165) is 16.6 Å². The molecule has 3 aromatic rings. The molecule has 3 rings (SSSR count). The lowest BCUT2D eigenvalue weighted by molar-refractivity contribution is 0.0935. The molecular weight excluding hydrogens is 214 g/mol. The summed E-state index contributed by atoms with van der Waals surface area (Å²) < 4.78 is 6.83. The summed E-state index contributed by atoms with van der Waals surface area (Å²) in [5, 5.41) is 1.06. The molecule has 3 nitrogen and oxygen atoms in total. The number of hydrogen-bond acceptors (Lipinski definition) is 2. The lowest BCUT2D eigenvalue weighted by Gasteiger charge is -2.03. The van der Waals surface area contributed by atoms with E-state index in [4.69, 9.17) is 4.42 Å². The van der Waals surface area contributed by atoms with Crippen molar-refractivity contribution in [3.63, 3.8) is 0 Å². The van der Waals surface area contributed by atoms with Gasteiger partial charge in [0.1, 0.15) is 0 Å². The van der Waals surface area contributed by atoms with E-state index in [9.17, 15) is 4.79 Å². The van der Waals surface area contributed by atoms with Crippen molar-refractivity contribution in [1.29, 1.82) is 0 Å². The summed E-state index contributed by atoms with van der Waals surface area (Å²) in [6, 6.07) is 13.2. The topological polar surface area (TPSA) is 35.1 Å². The molecule has 0 saturated carbocycles. The van der Waals surface area contributed by atoms with Crippen LogP contribution in [-0.4, -0.2) is 10.5 Å². The maximum Gasteiger partial charge on any atom is 0.298 e. The number of furan rings is 1. The molecule has 0 fully saturated rings. The average molecular weight is 225 g/mol. The van der Waals surface area contributed by atoms with Crippen molar-refractivity contribution in [1.82, 2.24) is 4.57 Å². The zero-order valence-corrected chi connectivity index (χ0v) is 9.38. The van der Waals surface area contributed by atoms with Gasteiger partial charge in [-0.2, -0.15) is 0 Å². The molecule has 1 aromatic carbocycles. The third-order valence-corrected chi connectivity index (χ3v) is 2.83. The predicted molar refractivity (Wildman–Crippen MR) is 65.1 cm³/mol. The first-order valence-corrected chi connectivity index (χ1v) is 5.42. The Morgan fingerprint density at radius 2 is 2.00 bits per heavy atom. The fraction of sp³-hybridized carbons (Fsp3) is 0.0714. The molecule has 0 bridgehead atoms. The molecule has 17 heavy (non-hydrogen) atoms. The molecular formula is C14H11NO2. The van der Waals surface area contributed by atoms with Crippen molar-refractivity contribution in [3.05, 3.63) is 60.2 Å². The average Bonchev–Trinajstić information content (AvgIpc) is 2.94. The second kappa shape index (κ2) is 3.63. The Balaban J connectivity index is 2.24. The number of para-hydroxylation sites is 1. The van der Waals surface area contributed by atoms with Gasteiger partial charge in [-0.25, -0.2) is 0 Å². The maximum absolute atomic E-state index is 12.3. The predicted octanol–water partition coefficient (Wildman–Crippen LogP) is 3.23. The van der Waals surface area contributed by atoms with Gasteiger partial charge in [0.2, 0.25) is 0 Å². The van der Waals surface area contributed by atoms with E-state index in [1.807, 2.05) is 37.3 Å². The first-order valence-electron chi connectivity index (χ1n) is 5.42. The summed E-state index contributed by atoms with van der Waals surface area (Å²) in [4.78, 5) is 12.3. The van der Waals surface area contributed by atoms with Crippen LogP contribution >= 0.6 is 0 Å². The van der Waals surface area contributed by atoms with E-state index in [-0.39, 0.29) is 5.91 Å². The maximum atomic E-state index is 12.3. The highest BCUT2D eigenvalue weighted by molar-refractivity contribution is 6.01. The highest BCUT2D eigenvalue weighted by Crippen LogP contribution is 2.20. The van der Waals surface area contributed by atoms with Crippen molar-refractivity contribution in [3.8, 4) is 0 Å². The van der Waals surface area contributed by atoms with Crippen LogP contribution in [0.2, 0.25) is 0 Å². The van der Waals surface area contributed by atoms with Crippen molar-refractivity contribution in [2.45, 2.75) is 6.92 Å². The number of fused-ring (bicyclic) bond motifs is 1. The molecule has 0 amide bonds. The minimum Gasteiger partial charge on any atom is -0.459 e. The smallest absolute Gasteiger partial charge is 0.298 e. The quantitative estimate of drug-likeness (QED) is 0.637. The van der Waals surface area contributed by atoms with Crippen LogP contribution in [0.3, 0.4) is 0 Å². The van der Waals surface area contributed by atoms with Gasteiger partial charge < -0.3 is 4.42 Å². The second-order valence-corrected chi connectivity index (χ2v) is 3.96. The summed E-state index contributed by atoms with van der Waals surface area (Å²) in [7, 11) is 0. The molecule has 3 heteroatoms. The van der Waals surface area contributed by atoms with Gasteiger partial charge in [-0.3, -0.25) is 9.36 Å². The van der Waals surface area contributed by atoms with Crippen LogP contribution in [0, 0.1) is 6.92 Å². The molecule has 0 unspecified atom stereocenters. The Bertz CT molecular complexity index is 677. The fourth-order valence-electron chi connectivity index (χ4n) is 2.07. The van der Waals surface area contributed by atoms with Crippen molar-refractivity contribution >= 4 is 16.8 Å². The summed E-state index contributed by atoms with van der Waals surface area (Å²) in [6.45, 7) is 1.92. The standard InChI is InChI=1S/C14H11NO2/c1-10-9-11-5-2-3-6-12(11)15(10)14(16)13-7-4-8-17-13/h2-9H,1H3. The molecule has 0 aliphatic rings. The summed E-state index contributed by atoms with van der Waals surface area (Å²) in [6.07, 6.45) is 1.51. The molecule has 84 valence electrons. The molecule has 0 aliphatic heterocycles. The fourth-order valence-corrected chi connectivity index (χ4v) is 2.07. The van der Waals surface area contributed by atoms with Crippen LogP contribution in [0.25, 0.3) is 10.9 Å². The van der Waals surface area contributed by atoms with Gasteiger partial charge in [-0.15, -0.1) is 0 Å². The number of carbonyl (C=O) groups is 1. The Morgan fingerprint density at radius 3 is 2.76 bits per heavy atom. The lowest BCUT2D eigenvalue weighted by Crippen LogP contribution is -2.12. The number of aryl methyl sites for hydroxylation is 1.